The number of likely N-dealkylation sites (N-methyl/N-ethyl adjacent to an activating group) is 1. The second-order valence-electron chi connectivity index (χ2n) is 7.84. The molecule has 7 nitrogen and oxygen atoms in total. The summed E-state index contributed by atoms with van der Waals surface area (Å²) in [4.78, 5) is 27.0. The number of benzene rings is 1. The van der Waals surface area contributed by atoms with Gasteiger partial charge in [0, 0.05) is 25.5 Å². The fraction of sp³-hybridized carbons (Fsp3) is 0.478. The maximum Gasteiger partial charge on any atom is 0.219 e. The minimum atomic E-state index is -0.300. The molecular weight excluding hydrogens is 386 g/mol. The number of aryl methyl sites for hydroxylation is 1. The Morgan fingerprint density at radius 2 is 1.77 bits per heavy atom. The smallest absolute Gasteiger partial charge is 0.219 e. The van der Waals surface area contributed by atoms with E-state index in [4.69, 9.17) is 18.9 Å². The van der Waals surface area contributed by atoms with E-state index in [9.17, 15) is 9.59 Å². The Labute approximate surface area is 176 Å². The monoisotopic (exact) mass is 413 g/mol. The van der Waals surface area contributed by atoms with E-state index < -0.39 is 0 Å². The molecule has 4 rings (SSSR count). The van der Waals surface area contributed by atoms with Gasteiger partial charge in [0.1, 0.15) is 0 Å². The number of amides is 1. The molecule has 0 aromatic heterocycles. The van der Waals surface area contributed by atoms with Crippen LogP contribution in [0.3, 0.4) is 0 Å². The van der Waals surface area contributed by atoms with E-state index in [-0.39, 0.29) is 29.6 Å². The lowest BCUT2D eigenvalue weighted by atomic mass is 9.64. The molecule has 1 aromatic rings. The summed E-state index contributed by atoms with van der Waals surface area (Å²) in [6.07, 6.45) is 3.32. The molecule has 30 heavy (non-hydrogen) atoms. The maximum absolute atomic E-state index is 13.0. The first-order valence-electron chi connectivity index (χ1n) is 9.99. The van der Waals surface area contributed by atoms with Crippen LogP contribution in [0.5, 0.6) is 17.2 Å². The second kappa shape index (κ2) is 7.38. The minimum Gasteiger partial charge on any atom is -0.493 e. The molecule has 0 radical (unpaired) electrons. The summed E-state index contributed by atoms with van der Waals surface area (Å²) in [6.45, 7) is 1.55. The third kappa shape index (κ3) is 2.64. The summed E-state index contributed by atoms with van der Waals surface area (Å²) in [5, 5.41) is 0. The van der Waals surface area contributed by atoms with Gasteiger partial charge >= 0.3 is 0 Å². The molecule has 0 saturated carbocycles. The lowest BCUT2D eigenvalue weighted by Crippen LogP contribution is -2.45. The van der Waals surface area contributed by atoms with Gasteiger partial charge in [0.15, 0.2) is 17.3 Å². The van der Waals surface area contributed by atoms with Crippen LogP contribution >= 0.6 is 0 Å². The van der Waals surface area contributed by atoms with E-state index >= 15 is 0 Å². The van der Waals surface area contributed by atoms with Crippen molar-refractivity contribution < 1.29 is 28.5 Å². The number of ether oxygens (including phenoxy) is 4. The summed E-state index contributed by atoms with van der Waals surface area (Å²) < 4.78 is 22.3. The van der Waals surface area contributed by atoms with Gasteiger partial charge in [0.25, 0.3) is 0 Å². The number of fused-ring (bicyclic) bond motifs is 5. The van der Waals surface area contributed by atoms with Crippen LogP contribution in [0.15, 0.2) is 23.5 Å². The fourth-order valence-corrected chi connectivity index (χ4v) is 5.14. The van der Waals surface area contributed by atoms with Crippen molar-refractivity contribution in [2.75, 3.05) is 35.5 Å². The molecule has 0 aliphatic heterocycles. The molecule has 0 spiro atoms. The van der Waals surface area contributed by atoms with Crippen molar-refractivity contribution in [1.29, 1.82) is 0 Å². The van der Waals surface area contributed by atoms with Crippen LogP contribution in [0.1, 0.15) is 24.5 Å². The van der Waals surface area contributed by atoms with Crippen molar-refractivity contribution in [1.82, 2.24) is 4.90 Å². The average Bonchev–Trinajstić information content (AvgIpc) is 2.92. The largest absolute Gasteiger partial charge is 0.493 e. The molecule has 0 heterocycles. The van der Waals surface area contributed by atoms with Crippen LogP contribution in [-0.2, 0) is 20.7 Å². The molecule has 160 valence electrons. The van der Waals surface area contributed by atoms with Crippen molar-refractivity contribution in [3.63, 3.8) is 0 Å². The third-order valence-electron chi connectivity index (χ3n) is 6.61. The highest BCUT2D eigenvalue weighted by molar-refractivity contribution is 6.08. The molecular formula is C23H27NO6. The molecule has 1 aromatic carbocycles. The number of hydrogen-bond donors (Lipinski definition) is 0. The number of rotatable bonds is 5. The Morgan fingerprint density at radius 3 is 2.33 bits per heavy atom. The summed E-state index contributed by atoms with van der Waals surface area (Å²) in [5.41, 5.74) is 4.01. The first-order valence-corrected chi connectivity index (χ1v) is 9.99. The molecule has 0 N–H and O–H groups in total. The second-order valence-corrected chi connectivity index (χ2v) is 7.84. The van der Waals surface area contributed by atoms with E-state index in [1.807, 2.05) is 12.1 Å². The van der Waals surface area contributed by atoms with Gasteiger partial charge in [-0.15, -0.1) is 0 Å². The van der Waals surface area contributed by atoms with Gasteiger partial charge in [-0.25, -0.2) is 0 Å². The van der Waals surface area contributed by atoms with Gasteiger partial charge in [0.2, 0.25) is 17.4 Å². The molecule has 0 unspecified atom stereocenters. The van der Waals surface area contributed by atoms with Gasteiger partial charge in [-0.05, 0) is 41.7 Å². The van der Waals surface area contributed by atoms with Crippen LogP contribution in [0.2, 0.25) is 0 Å². The van der Waals surface area contributed by atoms with Gasteiger partial charge in [0.05, 0.1) is 40.4 Å². The van der Waals surface area contributed by atoms with Gasteiger partial charge in [-0.1, -0.05) is 0 Å². The number of nitrogens with zero attached hydrogens (tertiary/aromatic N) is 1. The minimum absolute atomic E-state index is 0.0221. The van der Waals surface area contributed by atoms with E-state index in [1.54, 1.807) is 40.2 Å². The van der Waals surface area contributed by atoms with Gasteiger partial charge < -0.3 is 23.8 Å². The normalized spacial score (nSPS) is 24.0. The first-order chi connectivity index (χ1) is 14.4. The standard InChI is InChI=1S/C23H27NO6/c1-11(25)24(2)14-8-7-12-9-16(28-4)22(29-5)23(30-6)17(12)18-13-10-15(27-3)21(26)19(13)20(14)18/h9-10,13-14,19H,7-8H2,1-6H3/t13-,14+,19-/m1/s1. The Hall–Kier alpha value is -2.96. The lowest BCUT2D eigenvalue weighted by Gasteiger charge is -2.42. The SMILES string of the molecule is COC1=C[C@@H]2C3=C([C@@H]2C1=O)[C@@H](N(C)C(C)=O)CCc1cc(OC)c(OC)c(OC)c13. The van der Waals surface area contributed by atoms with E-state index in [1.165, 1.54) is 7.11 Å². The molecule has 1 amide bonds. The van der Waals surface area contributed by atoms with Crippen molar-refractivity contribution in [2.45, 2.75) is 25.8 Å². The van der Waals surface area contributed by atoms with Crippen LogP contribution < -0.4 is 14.2 Å². The summed E-state index contributed by atoms with van der Waals surface area (Å²) in [7, 11) is 8.09. The summed E-state index contributed by atoms with van der Waals surface area (Å²) in [5.74, 6) is 1.63. The Balaban J connectivity index is 1.99. The van der Waals surface area contributed by atoms with Crippen molar-refractivity contribution in [3.8, 4) is 17.2 Å². The first kappa shape index (κ1) is 20.3. The fourth-order valence-electron chi connectivity index (χ4n) is 5.14. The molecule has 3 atom stereocenters. The van der Waals surface area contributed by atoms with Gasteiger partial charge in [-0.2, -0.15) is 0 Å². The number of methoxy groups -OCH3 is 4. The Morgan fingerprint density at radius 1 is 1.07 bits per heavy atom. The average molecular weight is 413 g/mol. The zero-order valence-corrected chi connectivity index (χ0v) is 18.2. The predicted octanol–water partition coefficient (Wildman–Crippen LogP) is 2.62. The number of allylic oxidation sites excluding steroid dienone is 3. The summed E-state index contributed by atoms with van der Waals surface area (Å²) >= 11 is 0. The summed E-state index contributed by atoms with van der Waals surface area (Å²) in [6, 6.07) is 1.81. The number of ketones is 1. The number of Topliss-reactive ketones (excluding diaryl/α,β-unsaturated/α-hetero) is 1. The van der Waals surface area contributed by atoms with E-state index in [0.29, 0.717) is 29.4 Å². The van der Waals surface area contributed by atoms with Crippen LogP contribution in [-0.4, -0.2) is 58.1 Å². The molecule has 7 heteroatoms. The van der Waals surface area contributed by atoms with Crippen LogP contribution in [0, 0.1) is 11.8 Å². The highest BCUT2D eigenvalue weighted by atomic mass is 16.5. The molecule has 3 aliphatic rings. The topological polar surface area (TPSA) is 74.3 Å². The molecule has 0 saturated heterocycles. The van der Waals surface area contributed by atoms with Crippen molar-refractivity contribution in [3.05, 3.63) is 34.6 Å². The van der Waals surface area contributed by atoms with Gasteiger partial charge in [-0.3, -0.25) is 9.59 Å². The zero-order chi connectivity index (χ0) is 21.7. The molecule has 0 fully saturated rings. The predicted molar refractivity (Wildman–Crippen MR) is 111 cm³/mol. The van der Waals surface area contributed by atoms with Crippen LogP contribution in [0.25, 0.3) is 5.57 Å². The van der Waals surface area contributed by atoms with Crippen LogP contribution in [0.4, 0.5) is 0 Å². The highest BCUT2D eigenvalue weighted by Gasteiger charge is 2.54. The number of carbonyl (C=O) groups excluding carboxylic acids is 2. The molecule has 0 bridgehead atoms. The number of carbonyl (C=O) groups is 2. The quantitative estimate of drug-likeness (QED) is 0.739. The van der Waals surface area contributed by atoms with Crippen molar-refractivity contribution in [2.24, 2.45) is 11.8 Å². The molecule has 3 aliphatic carbocycles. The van der Waals surface area contributed by atoms with E-state index in [0.717, 1.165) is 28.7 Å². The Kier molecular flexibility index (Phi) is 5.00. The Bertz CT molecular complexity index is 992. The highest BCUT2D eigenvalue weighted by Crippen LogP contribution is 2.60. The lowest BCUT2D eigenvalue weighted by molar-refractivity contribution is -0.130. The zero-order valence-electron chi connectivity index (χ0n) is 18.2. The number of hydrogen-bond acceptors (Lipinski definition) is 6. The van der Waals surface area contributed by atoms with Crippen molar-refractivity contribution >= 4 is 17.3 Å². The van der Waals surface area contributed by atoms with E-state index in [2.05, 4.69) is 0 Å². The third-order valence-corrected chi connectivity index (χ3v) is 6.61. The maximum atomic E-state index is 13.0.